The Morgan fingerprint density at radius 3 is 2.65 bits per heavy atom. The molecule has 2 saturated heterocycles. The lowest BCUT2D eigenvalue weighted by Crippen LogP contribution is -2.39. The first-order valence-electron chi connectivity index (χ1n) is 12.5. The van der Waals surface area contributed by atoms with Gasteiger partial charge in [-0.3, -0.25) is 4.79 Å². The summed E-state index contributed by atoms with van der Waals surface area (Å²) >= 11 is 0. The molecule has 0 unspecified atom stereocenters. The molecule has 5 rings (SSSR count). The van der Waals surface area contributed by atoms with Crippen molar-refractivity contribution in [2.75, 3.05) is 39.3 Å². The van der Waals surface area contributed by atoms with Crippen molar-refractivity contribution >= 4 is 16.8 Å². The van der Waals surface area contributed by atoms with Crippen molar-refractivity contribution in [2.45, 2.75) is 38.1 Å². The maximum Gasteiger partial charge on any atom is 0.253 e. The predicted octanol–water partition coefficient (Wildman–Crippen LogP) is 4.85. The van der Waals surface area contributed by atoms with Crippen molar-refractivity contribution in [3.05, 3.63) is 65.9 Å². The van der Waals surface area contributed by atoms with Gasteiger partial charge in [-0.15, -0.1) is 0 Å². The number of amides is 1. The highest BCUT2D eigenvalue weighted by Crippen LogP contribution is 2.30. The molecule has 6 nitrogen and oxygen atoms in total. The molecule has 0 radical (unpaired) electrons. The van der Waals surface area contributed by atoms with E-state index in [0.29, 0.717) is 17.2 Å². The first-order chi connectivity index (χ1) is 16.7. The van der Waals surface area contributed by atoms with Crippen molar-refractivity contribution in [3.8, 4) is 11.8 Å². The zero-order valence-electron chi connectivity index (χ0n) is 19.7. The fourth-order valence-electron chi connectivity index (χ4n) is 5.29. The van der Waals surface area contributed by atoms with Crippen LogP contribution >= 0.6 is 0 Å². The molecule has 0 aliphatic carbocycles. The summed E-state index contributed by atoms with van der Waals surface area (Å²) in [5, 5.41) is 10.3. The Morgan fingerprint density at radius 1 is 1.03 bits per heavy atom. The van der Waals surface area contributed by atoms with Crippen molar-refractivity contribution in [1.29, 1.82) is 5.26 Å². The number of fused-ring (bicyclic) bond motifs is 1. The smallest absolute Gasteiger partial charge is 0.253 e. The van der Waals surface area contributed by atoms with Crippen LogP contribution in [0.3, 0.4) is 0 Å². The minimum absolute atomic E-state index is 0.0134. The van der Waals surface area contributed by atoms with Crippen molar-refractivity contribution in [3.63, 3.8) is 0 Å². The second-order valence-electron chi connectivity index (χ2n) is 9.41. The summed E-state index contributed by atoms with van der Waals surface area (Å²) in [7, 11) is 0. The number of piperidine rings is 1. The first kappa shape index (κ1) is 22.5. The Balaban J connectivity index is 1.16. The highest BCUT2D eigenvalue weighted by molar-refractivity contribution is 5.94. The fourth-order valence-corrected chi connectivity index (χ4v) is 5.29. The Kier molecular flexibility index (Phi) is 6.82. The Labute approximate surface area is 201 Å². The molecule has 1 aromatic heterocycles. The van der Waals surface area contributed by atoms with Gasteiger partial charge >= 0.3 is 0 Å². The minimum Gasteiger partial charge on any atom is -0.494 e. The summed E-state index contributed by atoms with van der Waals surface area (Å²) in [5.41, 5.74) is 2.34. The van der Waals surface area contributed by atoms with E-state index in [1.165, 1.54) is 36.8 Å². The van der Waals surface area contributed by atoms with E-state index >= 15 is 0 Å². The summed E-state index contributed by atoms with van der Waals surface area (Å²) in [6.07, 6.45) is 7.74. The SMILES string of the molecule is N#Cc1cccc(C(=O)N2CCC(n3ccc4cc(OCCCN5CCCC5)ccc43)CC2)c1. The van der Waals surface area contributed by atoms with Gasteiger partial charge in [0.1, 0.15) is 5.75 Å². The van der Waals surface area contributed by atoms with Crippen LogP contribution < -0.4 is 4.74 Å². The lowest BCUT2D eigenvalue weighted by Gasteiger charge is -2.33. The summed E-state index contributed by atoms with van der Waals surface area (Å²) < 4.78 is 8.38. The van der Waals surface area contributed by atoms with Crippen LogP contribution in [0.1, 0.15) is 54.1 Å². The zero-order valence-corrected chi connectivity index (χ0v) is 19.7. The highest BCUT2D eigenvalue weighted by Gasteiger charge is 2.25. The summed E-state index contributed by atoms with van der Waals surface area (Å²) in [4.78, 5) is 17.3. The van der Waals surface area contributed by atoms with Gasteiger partial charge in [0, 0.05) is 48.3 Å². The van der Waals surface area contributed by atoms with Gasteiger partial charge in [0.15, 0.2) is 0 Å². The standard InChI is InChI=1S/C28H32N4O2/c29-21-22-5-3-6-24(19-22)28(33)31-15-10-25(11-16-31)32-17-9-23-20-26(7-8-27(23)32)34-18-4-14-30-12-1-2-13-30/h3,5-9,17,19-20,25H,1-2,4,10-16,18H2. The molecule has 2 aliphatic rings. The normalized spacial score (nSPS) is 17.2. The van der Waals surface area contributed by atoms with Crippen LogP contribution in [0.4, 0.5) is 0 Å². The topological polar surface area (TPSA) is 61.5 Å². The molecule has 2 fully saturated rings. The summed E-state index contributed by atoms with van der Waals surface area (Å²) in [5.74, 6) is 0.950. The number of aromatic nitrogens is 1. The average molecular weight is 457 g/mol. The number of benzene rings is 2. The largest absolute Gasteiger partial charge is 0.494 e. The second kappa shape index (κ2) is 10.3. The third kappa shape index (κ3) is 4.95. The molecular weight excluding hydrogens is 424 g/mol. The van der Waals surface area contributed by atoms with Crippen LogP contribution in [0.15, 0.2) is 54.7 Å². The van der Waals surface area contributed by atoms with Crippen LogP contribution in [-0.2, 0) is 0 Å². The Bertz CT molecular complexity index is 1180. The molecule has 3 aromatic rings. The van der Waals surface area contributed by atoms with Gasteiger partial charge in [-0.1, -0.05) is 6.07 Å². The van der Waals surface area contributed by atoms with Gasteiger partial charge in [0.2, 0.25) is 0 Å². The average Bonchev–Trinajstić information content (AvgIpc) is 3.56. The van der Waals surface area contributed by atoms with Crippen molar-refractivity contribution in [2.24, 2.45) is 0 Å². The zero-order chi connectivity index (χ0) is 23.3. The lowest BCUT2D eigenvalue weighted by molar-refractivity contribution is 0.0696. The molecular formula is C28H32N4O2. The number of carbonyl (C=O) groups excluding carboxylic acids is 1. The molecule has 2 aromatic carbocycles. The third-order valence-corrected chi connectivity index (χ3v) is 7.16. The fraction of sp³-hybridized carbons (Fsp3) is 0.429. The van der Waals surface area contributed by atoms with Crippen LogP contribution in [-0.4, -0.2) is 59.6 Å². The van der Waals surface area contributed by atoms with E-state index < -0.39 is 0 Å². The molecule has 1 amide bonds. The quantitative estimate of drug-likeness (QED) is 0.477. The number of nitrogens with zero attached hydrogens (tertiary/aromatic N) is 4. The van der Waals surface area contributed by atoms with E-state index in [-0.39, 0.29) is 5.91 Å². The number of nitriles is 1. The van der Waals surface area contributed by atoms with Crippen molar-refractivity contribution in [1.82, 2.24) is 14.4 Å². The number of ether oxygens (including phenoxy) is 1. The van der Waals surface area contributed by atoms with Gasteiger partial charge < -0.3 is 19.1 Å². The van der Waals surface area contributed by atoms with E-state index in [2.05, 4.69) is 46.0 Å². The van der Waals surface area contributed by atoms with Crippen LogP contribution in [0.25, 0.3) is 10.9 Å². The molecule has 0 bridgehead atoms. The molecule has 0 atom stereocenters. The number of carbonyl (C=O) groups is 1. The third-order valence-electron chi connectivity index (χ3n) is 7.16. The number of hydrogen-bond donors (Lipinski definition) is 0. The van der Waals surface area contributed by atoms with E-state index in [1.807, 2.05) is 4.90 Å². The monoisotopic (exact) mass is 456 g/mol. The Morgan fingerprint density at radius 2 is 1.85 bits per heavy atom. The molecule has 6 heteroatoms. The van der Waals surface area contributed by atoms with Gasteiger partial charge in [0.25, 0.3) is 5.91 Å². The lowest BCUT2D eigenvalue weighted by atomic mass is 10.0. The van der Waals surface area contributed by atoms with Gasteiger partial charge in [-0.05, 0) is 87.7 Å². The number of rotatable bonds is 7. The van der Waals surface area contributed by atoms with Crippen LogP contribution in [0.5, 0.6) is 5.75 Å². The molecule has 0 spiro atoms. The predicted molar refractivity (Wildman–Crippen MR) is 133 cm³/mol. The van der Waals surface area contributed by atoms with E-state index in [4.69, 9.17) is 10.00 Å². The van der Waals surface area contributed by atoms with Gasteiger partial charge in [-0.2, -0.15) is 5.26 Å². The van der Waals surface area contributed by atoms with E-state index in [9.17, 15) is 4.79 Å². The maximum atomic E-state index is 12.9. The first-order valence-corrected chi connectivity index (χ1v) is 12.5. The van der Waals surface area contributed by atoms with E-state index in [0.717, 1.165) is 51.3 Å². The molecule has 34 heavy (non-hydrogen) atoms. The molecule has 2 aliphatic heterocycles. The summed E-state index contributed by atoms with van der Waals surface area (Å²) in [6, 6.07) is 18.0. The minimum atomic E-state index is 0.0134. The van der Waals surface area contributed by atoms with E-state index in [1.54, 1.807) is 24.3 Å². The van der Waals surface area contributed by atoms with Crippen LogP contribution in [0, 0.1) is 11.3 Å². The molecule has 0 N–H and O–H groups in total. The number of hydrogen-bond acceptors (Lipinski definition) is 4. The van der Waals surface area contributed by atoms with Crippen LogP contribution in [0.2, 0.25) is 0 Å². The van der Waals surface area contributed by atoms with Gasteiger partial charge in [-0.25, -0.2) is 0 Å². The molecule has 0 saturated carbocycles. The van der Waals surface area contributed by atoms with Gasteiger partial charge in [0.05, 0.1) is 18.2 Å². The molecule has 176 valence electrons. The number of likely N-dealkylation sites (tertiary alicyclic amines) is 2. The highest BCUT2D eigenvalue weighted by atomic mass is 16.5. The summed E-state index contributed by atoms with van der Waals surface area (Å²) in [6.45, 7) is 5.80. The second-order valence-corrected chi connectivity index (χ2v) is 9.41. The Hall–Kier alpha value is -3.30. The van der Waals surface area contributed by atoms with Crippen molar-refractivity contribution < 1.29 is 9.53 Å². The maximum absolute atomic E-state index is 12.9. The molecule has 3 heterocycles.